The van der Waals surface area contributed by atoms with Gasteiger partial charge in [0.25, 0.3) is 0 Å². The average molecular weight is 379 g/mol. The molecule has 0 aromatic heterocycles. The Hall–Kier alpha value is -1.07. The molecule has 1 aliphatic carbocycles. The molecule has 0 spiro atoms. The van der Waals surface area contributed by atoms with Crippen molar-refractivity contribution >= 4 is 15.7 Å². The summed E-state index contributed by atoms with van der Waals surface area (Å²) >= 11 is 0. The fourth-order valence-electron chi connectivity index (χ4n) is 5.20. The quantitative estimate of drug-likeness (QED) is 0.620. The van der Waals surface area contributed by atoms with Crippen molar-refractivity contribution in [3.05, 3.63) is 29.8 Å². The van der Waals surface area contributed by atoms with Gasteiger partial charge >= 0.3 is 0 Å². The maximum absolute atomic E-state index is 11.6. The van der Waals surface area contributed by atoms with E-state index < -0.39 is 10.0 Å². The first kappa shape index (κ1) is 19.7. The minimum Gasteiger partial charge on any atom is -0.303 e. The Morgan fingerprint density at radius 3 is 2.46 bits per heavy atom. The lowest BCUT2D eigenvalue weighted by Crippen LogP contribution is -2.31. The average Bonchev–Trinajstić information content (AvgIpc) is 2.96. The molecule has 3 atom stereocenters. The van der Waals surface area contributed by atoms with Crippen molar-refractivity contribution in [2.75, 3.05) is 30.6 Å². The van der Waals surface area contributed by atoms with Crippen LogP contribution in [0.15, 0.2) is 24.3 Å². The largest absolute Gasteiger partial charge is 0.303 e. The molecule has 1 N–H and O–H groups in total. The van der Waals surface area contributed by atoms with Crippen LogP contribution in [0.2, 0.25) is 0 Å². The van der Waals surface area contributed by atoms with Gasteiger partial charge in [0.2, 0.25) is 10.0 Å². The number of hydrogen-bond acceptors (Lipinski definition) is 3. The number of rotatable bonds is 10. The summed E-state index contributed by atoms with van der Waals surface area (Å²) in [6.45, 7) is 8.18. The highest BCUT2D eigenvalue weighted by Crippen LogP contribution is 2.66. The zero-order valence-corrected chi connectivity index (χ0v) is 17.3. The third kappa shape index (κ3) is 4.09. The lowest BCUT2D eigenvalue weighted by Gasteiger charge is -2.27. The Morgan fingerprint density at radius 2 is 1.85 bits per heavy atom. The third-order valence-corrected chi connectivity index (χ3v) is 6.91. The predicted molar refractivity (Wildman–Crippen MR) is 109 cm³/mol. The smallest absolute Gasteiger partial charge is 0.229 e. The van der Waals surface area contributed by atoms with Crippen molar-refractivity contribution in [1.82, 2.24) is 4.90 Å². The molecular formula is C21H34N2O2S. The van der Waals surface area contributed by atoms with Crippen LogP contribution in [0.25, 0.3) is 0 Å². The second-order valence-electron chi connectivity index (χ2n) is 8.28. The summed E-state index contributed by atoms with van der Waals surface area (Å²) in [6, 6.07) is 8.12. The number of anilines is 1. The number of hydrogen-bond donors (Lipinski definition) is 1. The molecule has 2 fully saturated rings. The molecule has 146 valence electrons. The number of benzene rings is 1. The number of nitrogens with one attached hydrogen (secondary N) is 1. The summed E-state index contributed by atoms with van der Waals surface area (Å²) < 4.78 is 25.8. The van der Waals surface area contributed by atoms with Crippen LogP contribution in [-0.2, 0) is 15.4 Å². The molecule has 1 aromatic rings. The van der Waals surface area contributed by atoms with E-state index in [1.165, 1.54) is 70.0 Å². The SMILES string of the molecule is CCCCCCN1C[C@@H]2[C@H](C1)C2(CCC)c1cccc(NS(C)(=O)=O)c1. The van der Waals surface area contributed by atoms with Crippen molar-refractivity contribution in [3.8, 4) is 0 Å². The van der Waals surface area contributed by atoms with Gasteiger partial charge in [-0.05, 0) is 48.9 Å². The highest BCUT2D eigenvalue weighted by Gasteiger charge is 2.67. The minimum absolute atomic E-state index is 0.268. The van der Waals surface area contributed by atoms with Crippen LogP contribution in [0.4, 0.5) is 5.69 Å². The highest BCUT2D eigenvalue weighted by atomic mass is 32.2. The summed E-state index contributed by atoms with van der Waals surface area (Å²) in [6.07, 6.45) is 8.90. The third-order valence-electron chi connectivity index (χ3n) is 6.30. The minimum atomic E-state index is -3.23. The molecule has 0 amide bonds. The molecule has 1 heterocycles. The second kappa shape index (κ2) is 7.89. The maximum atomic E-state index is 11.6. The zero-order chi connectivity index (χ0) is 18.8. The Labute approximate surface area is 159 Å². The molecule has 5 heteroatoms. The van der Waals surface area contributed by atoms with Gasteiger partial charge in [0.15, 0.2) is 0 Å². The molecule has 1 saturated carbocycles. The van der Waals surface area contributed by atoms with Crippen LogP contribution in [0.1, 0.15) is 57.9 Å². The van der Waals surface area contributed by atoms with Crippen molar-refractivity contribution in [2.24, 2.45) is 11.8 Å². The van der Waals surface area contributed by atoms with E-state index in [4.69, 9.17) is 0 Å². The van der Waals surface area contributed by atoms with Crippen molar-refractivity contribution < 1.29 is 8.42 Å². The van der Waals surface area contributed by atoms with E-state index in [0.717, 1.165) is 11.8 Å². The van der Waals surface area contributed by atoms with E-state index in [-0.39, 0.29) is 5.41 Å². The number of piperidine rings is 1. The van der Waals surface area contributed by atoms with Gasteiger partial charge in [-0.3, -0.25) is 4.72 Å². The van der Waals surface area contributed by atoms with Gasteiger partial charge in [0.05, 0.1) is 6.26 Å². The lowest BCUT2D eigenvalue weighted by atomic mass is 9.85. The summed E-state index contributed by atoms with van der Waals surface area (Å²) in [4.78, 5) is 2.65. The fourth-order valence-corrected chi connectivity index (χ4v) is 5.76. The second-order valence-corrected chi connectivity index (χ2v) is 10.0. The molecular weight excluding hydrogens is 344 g/mol. The van der Waals surface area contributed by atoms with Crippen LogP contribution in [0.3, 0.4) is 0 Å². The summed E-state index contributed by atoms with van der Waals surface area (Å²) in [5, 5.41) is 0. The van der Waals surface area contributed by atoms with Gasteiger partial charge < -0.3 is 4.90 Å². The number of likely N-dealkylation sites (tertiary alicyclic amines) is 1. The van der Waals surface area contributed by atoms with Crippen LogP contribution in [-0.4, -0.2) is 39.2 Å². The summed E-state index contributed by atoms with van der Waals surface area (Å²) in [5.41, 5.74) is 2.29. The lowest BCUT2D eigenvalue weighted by molar-refractivity contribution is 0.261. The Kier molecular flexibility index (Phi) is 5.97. The van der Waals surface area contributed by atoms with Crippen LogP contribution < -0.4 is 4.72 Å². The van der Waals surface area contributed by atoms with E-state index in [0.29, 0.717) is 5.69 Å². The van der Waals surface area contributed by atoms with E-state index >= 15 is 0 Å². The van der Waals surface area contributed by atoms with E-state index in [9.17, 15) is 8.42 Å². The molecule has 1 saturated heterocycles. The Balaban J connectivity index is 1.68. The fraction of sp³-hybridized carbons (Fsp3) is 0.714. The van der Waals surface area contributed by atoms with E-state index in [1.807, 2.05) is 12.1 Å². The summed E-state index contributed by atoms with van der Waals surface area (Å²) in [7, 11) is -3.23. The highest BCUT2D eigenvalue weighted by molar-refractivity contribution is 7.92. The van der Waals surface area contributed by atoms with Gasteiger partial charge in [0.1, 0.15) is 0 Å². The molecule has 2 aliphatic rings. The van der Waals surface area contributed by atoms with Gasteiger partial charge in [0, 0.05) is 24.2 Å². The number of unbranched alkanes of at least 4 members (excludes halogenated alkanes) is 3. The normalized spacial score (nSPS) is 28.1. The first-order valence-electron chi connectivity index (χ1n) is 10.2. The molecule has 1 unspecified atom stereocenters. The monoisotopic (exact) mass is 378 g/mol. The van der Waals surface area contributed by atoms with Crippen molar-refractivity contribution in [2.45, 2.75) is 57.8 Å². The first-order valence-corrected chi connectivity index (χ1v) is 12.1. The van der Waals surface area contributed by atoms with Crippen LogP contribution in [0.5, 0.6) is 0 Å². The molecule has 1 aliphatic heterocycles. The number of sulfonamides is 1. The molecule has 4 nitrogen and oxygen atoms in total. The molecule has 26 heavy (non-hydrogen) atoms. The predicted octanol–water partition coefficient (Wildman–Crippen LogP) is 4.24. The zero-order valence-electron chi connectivity index (χ0n) is 16.5. The molecule has 3 rings (SSSR count). The van der Waals surface area contributed by atoms with Crippen molar-refractivity contribution in [3.63, 3.8) is 0 Å². The molecule has 0 bridgehead atoms. The standard InChI is InChI=1S/C21H34N2O2S/c1-4-6-7-8-13-23-15-19-20(16-23)21(19,12-5-2)17-10-9-11-18(14-17)22-26(3,24)25/h9-11,14,19-20,22H,4-8,12-13,15-16H2,1-3H3/t19-,20+,21?. The van der Waals surface area contributed by atoms with Crippen molar-refractivity contribution in [1.29, 1.82) is 0 Å². The Bertz CT molecular complexity index is 704. The number of fused-ring (bicyclic) bond motifs is 1. The maximum Gasteiger partial charge on any atom is 0.229 e. The topological polar surface area (TPSA) is 49.4 Å². The molecule has 1 aromatic carbocycles. The van der Waals surface area contributed by atoms with E-state index in [1.54, 1.807) is 0 Å². The van der Waals surface area contributed by atoms with Gasteiger partial charge in [-0.15, -0.1) is 0 Å². The first-order chi connectivity index (χ1) is 12.4. The number of nitrogens with zero attached hydrogens (tertiary/aromatic N) is 1. The molecule has 0 radical (unpaired) electrons. The van der Waals surface area contributed by atoms with Crippen LogP contribution >= 0.6 is 0 Å². The Morgan fingerprint density at radius 1 is 1.12 bits per heavy atom. The van der Waals surface area contributed by atoms with Crippen LogP contribution in [0, 0.1) is 11.8 Å². The van der Waals surface area contributed by atoms with E-state index in [2.05, 4.69) is 35.6 Å². The summed E-state index contributed by atoms with van der Waals surface area (Å²) in [5.74, 6) is 1.48. The van der Waals surface area contributed by atoms with Gasteiger partial charge in [-0.2, -0.15) is 0 Å². The van der Waals surface area contributed by atoms with Gasteiger partial charge in [-0.25, -0.2) is 8.42 Å². The van der Waals surface area contributed by atoms with Gasteiger partial charge in [-0.1, -0.05) is 51.7 Å².